The van der Waals surface area contributed by atoms with E-state index in [9.17, 15) is 19.5 Å². The van der Waals surface area contributed by atoms with Gasteiger partial charge in [0.15, 0.2) is 0 Å². The molecular weight excluding hydrogens is 384 g/mol. The standard InChI is InChI=1S/C22H22N4O4/c1-12(27)23-17-4-2-3-13(8-17)14-5-6-15-9-18(10-16(15)7-14)24-20(28)11-19-21(29)26-22(30)25-19/h2-8,18,29H,9-11H2,1H3,(H,23,27)(H,24,28)(H2,25,26,30). The van der Waals surface area contributed by atoms with Crippen molar-refractivity contribution in [2.45, 2.75) is 32.2 Å². The zero-order valence-corrected chi connectivity index (χ0v) is 16.4. The van der Waals surface area contributed by atoms with Gasteiger partial charge in [0.25, 0.3) is 0 Å². The van der Waals surface area contributed by atoms with E-state index in [1.807, 2.05) is 30.3 Å². The van der Waals surface area contributed by atoms with Gasteiger partial charge in [0.05, 0.1) is 12.1 Å². The monoisotopic (exact) mass is 406 g/mol. The minimum Gasteiger partial charge on any atom is -0.493 e. The number of amides is 2. The number of benzene rings is 2. The molecule has 2 aromatic carbocycles. The number of imidazole rings is 1. The Labute approximate surface area is 172 Å². The molecule has 30 heavy (non-hydrogen) atoms. The van der Waals surface area contributed by atoms with Crippen LogP contribution in [0.5, 0.6) is 5.88 Å². The van der Waals surface area contributed by atoms with E-state index in [0.717, 1.165) is 23.2 Å². The lowest BCUT2D eigenvalue weighted by Gasteiger charge is -2.11. The van der Waals surface area contributed by atoms with Gasteiger partial charge in [0, 0.05) is 18.7 Å². The van der Waals surface area contributed by atoms with Crippen LogP contribution in [0.25, 0.3) is 11.1 Å². The van der Waals surface area contributed by atoms with E-state index in [2.05, 4.69) is 32.7 Å². The van der Waals surface area contributed by atoms with Gasteiger partial charge < -0.3 is 20.7 Å². The average Bonchev–Trinajstić information content (AvgIpc) is 3.22. The van der Waals surface area contributed by atoms with Gasteiger partial charge in [-0.3, -0.25) is 14.6 Å². The molecule has 0 saturated carbocycles. The number of aromatic nitrogens is 2. The Morgan fingerprint density at radius 1 is 1.07 bits per heavy atom. The van der Waals surface area contributed by atoms with E-state index >= 15 is 0 Å². The van der Waals surface area contributed by atoms with Crippen LogP contribution >= 0.6 is 0 Å². The molecule has 0 bridgehead atoms. The second-order valence-electron chi connectivity index (χ2n) is 7.50. The number of hydrogen-bond acceptors (Lipinski definition) is 4. The number of H-pyrrole nitrogens is 2. The Bertz CT molecular complexity index is 1180. The summed E-state index contributed by atoms with van der Waals surface area (Å²) in [6, 6.07) is 13.9. The number of anilines is 1. The van der Waals surface area contributed by atoms with Crippen molar-refractivity contribution in [3.63, 3.8) is 0 Å². The van der Waals surface area contributed by atoms with Crippen molar-refractivity contribution < 1.29 is 14.7 Å². The first-order valence-electron chi connectivity index (χ1n) is 9.66. The Kier molecular flexibility index (Phi) is 5.14. The molecule has 4 rings (SSSR count). The van der Waals surface area contributed by atoms with Crippen molar-refractivity contribution in [3.8, 4) is 17.0 Å². The summed E-state index contributed by atoms with van der Waals surface area (Å²) >= 11 is 0. The highest BCUT2D eigenvalue weighted by atomic mass is 16.3. The molecule has 1 aromatic heterocycles. The lowest BCUT2D eigenvalue weighted by Crippen LogP contribution is -2.36. The highest BCUT2D eigenvalue weighted by Gasteiger charge is 2.24. The molecule has 1 atom stereocenters. The minimum absolute atomic E-state index is 0.0405. The number of carbonyl (C=O) groups is 2. The molecule has 8 nitrogen and oxygen atoms in total. The third kappa shape index (κ3) is 4.27. The van der Waals surface area contributed by atoms with Crippen LogP contribution in [0, 0.1) is 0 Å². The topological polar surface area (TPSA) is 127 Å². The molecule has 3 aromatic rings. The fourth-order valence-corrected chi connectivity index (χ4v) is 3.86. The van der Waals surface area contributed by atoms with E-state index in [1.54, 1.807) is 0 Å². The molecule has 8 heteroatoms. The van der Waals surface area contributed by atoms with Gasteiger partial charge in [-0.2, -0.15) is 0 Å². The molecule has 1 aliphatic rings. The van der Waals surface area contributed by atoms with E-state index in [4.69, 9.17) is 0 Å². The zero-order chi connectivity index (χ0) is 21.3. The van der Waals surface area contributed by atoms with Gasteiger partial charge in [-0.25, -0.2) is 4.79 Å². The zero-order valence-electron chi connectivity index (χ0n) is 16.4. The van der Waals surface area contributed by atoms with Crippen LogP contribution in [0.4, 0.5) is 5.69 Å². The Balaban J connectivity index is 1.44. The molecule has 1 aliphatic carbocycles. The van der Waals surface area contributed by atoms with Crippen LogP contribution in [0.2, 0.25) is 0 Å². The molecule has 1 unspecified atom stereocenters. The smallest absolute Gasteiger partial charge is 0.325 e. The summed E-state index contributed by atoms with van der Waals surface area (Å²) in [6.07, 6.45) is 1.33. The number of carbonyl (C=O) groups excluding carboxylic acids is 2. The molecule has 2 amide bonds. The first-order chi connectivity index (χ1) is 14.4. The average molecular weight is 406 g/mol. The van der Waals surface area contributed by atoms with Crippen LogP contribution in [-0.4, -0.2) is 32.9 Å². The largest absolute Gasteiger partial charge is 0.493 e. The van der Waals surface area contributed by atoms with Crippen LogP contribution in [0.1, 0.15) is 23.7 Å². The highest BCUT2D eigenvalue weighted by molar-refractivity contribution is 5.89. The van der Waals surface area contributed by atoms with E-state index in [0.29, 0.717) is 6.42 Å². The maximum atomic E-state index is 12.3. The van der Waals surface area contributed by atoms with Crippen molar-refractivity contribution in [2.75, 3.05) is 5.32 Å². The van der Waals surface area contributed by atoms with Crippen LogP contribution in [0.15, 0.2) is 47.3 Å². The number of hydrogen-bond donors (Lipinski definition) is 5. The SMILES string of the molecule is CC(=O)Nc1cccc(-c2ccc3c(c2)CC(NC(=O)Cc2[nH]c(=O)[nH]c2O)C3)c1. The fourth-order valence-electron chi connectivity index (χ4n) is 3.86. The Morgan fingerprint density at radius 2 is 1.83 bits per heavy atom. The van der Waals surface area contributed by atoms with Gasteiger partial charge in [0.1, 0.15) is 0 Å². The van der Waals surface area contributed by atoms with Gasteiger partial charge >= 0.3 is 5.69 Å². The van der Waals surface area contributed by atoms with Gasteiger partial charge in [-0.05, 0) is 47.2 Å². The highest BCUT2D eigenvalue weighted by Crippen LogP contribution is 2.29. The van der Waals surface area contributed by atoms with Crippen molar-refractivity contribution in [1.29, 1.82) is 0 Å². The van der Waals surface area contributed by atoms with Crippen molar-refractivity contribution in [2.24, 2.45) is 0 Å². The summed E-state index contributed by atoms with van der Waals surface area (Å²) in [5, 5.41) is 15.4. The van der Waals surface area contributed by atoms with Crippen molar-refractivity contribution in [3.05, 3.63) is 69.8 Å². The summed E-state index contributed by atoms with van der Waals surface area (Å²) in [4.78, 5) is 39.4. The molecule has 0 radical (unpaired) electrons. The second-order valence-corrected chi connectivity index (χ2v) is 7.50. The molecule has 154 valence electrons. The number of aromatic amines is 2. The van der Waals surface area contributed by atoms with Crippen molar-refractivity contribution >= 4 is 17.5 Å². The summed E-state index contributed by atoms with van der Waals surface area (Å²) in [6.45, 7) is 1.48. The fraction of sp³-hybridized carbons (Fsp3) is 0.227. The summed E-state index contributed by atoms with van der Waals surface area (Å²) in [7, 11) is 0. The quantitative estimate of drug-likeness (QED) is 0.443. The van der Waals surface area contributed by atoms with E-state index in [1.165, 1.54) is 18.1 Å². The van der Waals surface area contributed by atoms with Crippen LogP contribution < -0.4 is 16.3 Å². The normalized spacial score (nSPS) is 14.9. The Morgan fingerprint density at radius 3 is 2.57 bits per heavy atom. The third-order valence-electron chi connectivity index (χ3n) is 5.14. The maximum absolute atomic E-state index is 12.3. The third-order valence-corrected chi connectivity index (χ3v) is 5.14. The summed E-state index contributed by atoms with van der Waals surface area (Å²) in [5.74, 6) is -0.686. The Hall–Kier alpha value is -3.81. The molecular formula is C22H22N4O4. The summed E-state index contributed by atoms with van der Waals surface area (Å²) < 4.78 is 0. The van der Waals surface area contributed by atoms with Crippen LogP contribution in [0.3, 0.4) is 0 Å². The lowest BCUT2D eigenvalue weighted by atomic mass is 10.0. The maximum Gasteiger partial charge on any atom is 0.325 e. The molecule has 1 heterocycles. The molecule has 0 saturated heterocycles. The van der Waals surface area contributed by atoms with Gasteiger partial charge in [-0.1, -0.05) is 30.3 Å². The number of rotatable bonds is 5. The minimum atomic E-state index is -0.543. The molecule has 0 fully saturated rings. The lowest BCUT2D eigenvalue weighted by molar-refractivity contribution is -0.121. The molecule has 5 N–H and O–H groups in total. The number of aromatic hydroxyl groups is 1. The predicted molar refractivity (Wildman–Crippen MR) is 112 cm³/mol. The number of fused-ring (bicyclic) bond motifs is 1. The second kappa shape index (κ2) is 7.90. The molecule has 0 spiro atoms. The first kappa shape index (κ1) is 19.5. The van der Waals surface area contributed by atoms with E-state index in [-0.39, 0.29) is 35.9 Å². The number of nitrogens with one attached hydrogen (secondary N) is 4. The van der Waals surface area contributed by atoms with Gasteiger partial charge in [-0.15, -0.1) is 0 Å². The first-order valence-corrected chi connectivity index (χ1v) is 9.66. The van der Waals surface area contributed by atoms with Crippen molar-refractivity contribution in [1.82, 2.24) is 15.3 Å². The van der Waals surface area contributed by atoms with Gasteiger partial charge in [0.2, 0.25) is 17.7 Å². The summed E-state index contributed by atoms with van der Waals surface area (Å²) in [5.41, 5.74) is 4.77. The predicted octanol–water partition coefficient (Wildman–Crippen LogP) is 1.86. The molecule has 0 aliphatic heterocycles. The van der Waals surface area contributed by atoms with Crippen LogP contribution in [-0.2, 0) is 28.9 Å². The van der Waals surface area contributed by atoms with E-state index < -0.39 is 5.69 Å².